The zero-order valence-electron chi connectivity index (χ0n) is 8.46. The van der Waals surface area contributed by atoms with Gasteiger partial charge in [0.05, 0.1) is 6.10 Å². The van der Waals surface area contributed by atoms with Crippen molar-refractivity contribution in [2.45, 2.75) is 30.2 Å². The van der Waals surface area contributed by atoms with Crippen LogP contribution in [0.1, 0.15) is 29.7 Å². The summed E-state index contributed by atoms with van der Waals surface area (Å²) in [5.74, 6) is 0. The van der Waals surface area contributed by atoms with Crippen LogP contribution in [0.2, 0.25) is 5.02 Å². The number of hydrogen-bond donors (Lipinski definition) is 0. The van der Waals surface area contributed by atoms with E-state index in [0.717, 1.165) is 18.1 Å². The van der Waals surface area contributed by atoms with Gasteiger partial charge < -0.3 is 4.74 Å². The lowest BCUT2D eigenvalue weighted by atomic mass is 10.1. The van der Waals surface area contributed by atoms with E-state index in [1.165, 1.54) is 18.4 Å². The molecule has 1 saturated heterocycles. The summed E-state index contributed by atoms with van der Waals surface area (Å²) in [6, 6.07) is 7.99. The van der Waals surface area contributed by atoms with Crippen molar-refractivity contribution in [1.29, 1.82) is 0 Å². The van der Waals surface area contributed by atoms with Gasteiger partial charge in [-0.3, -0.25) is 0 Å². The Morgan fingerprint density at radius 3 is 2.73 bits per heavy atom. The lowest BCUT2D eigenvalue weighted by Crippen LogP contribution is -2.07. The topological polar surface area (TPSA) is 9.23 Å². The van der Waals surface area contributed by atoms with Crippen molar-refractivity contribution in [2.75, 3.05) is 6.61 Å². The third kappa shape index (κ3) is 3.20. The number of halogens is 2. The van der Waals surface area contributed by atoms with Crippen molar-refractivity contribution >= 4 is 27.5 Å². The number of alkyl halides is 1. The first-order chi connectivity index (χ1) is 7.25. The SMILES string of the molecule is Clc1ccc(C(Br)CC2CCCO2)cc1. The summed E-state index contributed by atoms with van der Waals surface area (Å²) in [7, 11) is 0. The molecule has 0 amide bonds. The smallest absolute Gasteiger partial charge is 0.0589 e. The van der Waals surface area contributed by atoms with Crippen LogP contribution in [0.3, 0.4) is 0 Å². The van der Waals surface area contributed by atoms with Gasteiger partial charge in [-0.15, -0.1) is 0 Å². The maximum absolute atomic E-state index is 5.85. The molecule has 1 aromatic rings. The van der Waals surface area contributed by atoms with Crippen molar-refractivity contribution in [3.05, 3.63) is 34.9 Å². The van der Waals surface area contributed by atoms with Gasteiger partial charge in [0.25, 0.3) is 0 Å². The molecule has 3 heteroatoms. The molecule has 2 unspecified atom stereocenters. The lowest BCUT2D eigenvalue weighted by Gasteiger charge is -2.14. The molecule has 0 aromatic heterocycles. The highest BCUT2D eigenvalue weighted by molar-refractivity contribution is 9.09. The van der Waals surface area contributed by atoms with Gasteiger partial charge in [-0.1, -0.05) is 39.7 Å². The van der Waals surface area contributed by atoms with E-state index >= 15 is 0 Å². The van der Waals surface area contributed by atoms with Crippen molar-refractivity contribution in [2.24, 2.45) is 0 Å². The molecule has 15 heavy (non-hydrogen) atoms. The van der Waals surface area contributed by atoms with Crippen LogP contribution in [0.25, 0.3) is 0 Å². The highest BCUT2D eigenvalue weighted by atomic mass is 79.9. The summed E-state index contributed by atoms with van der Waals surface area (Å²) in [5.41, 5.74) is 1.27. The fourth-order valence-corrected chi connectivity index (χ4v) is 2.72. The van der Waals surface area contributed by atoms with Gasteiger partial charge in [0, 0.05) is 16.5 Å². The third-order valence-electron chi connectivity index (χ3n) is 2.73. The van der Waals surface area contributed by atoms with Crippen molar-refractivity contribution in [1.82, 2.24) is 0 Å². The van der Waals surface area contributed by atoms with Crippen LogP contribution in [-0.4, -0.2) is 12.7 Å². The van der Waals surface area contributed by atoms with Crippen LogP contribution in [-0.2, 0) is 4.74 Å². The Labute approximate surface area is 104 Å². The molecule has 1 nitrogen and oxygen atoms in total. The molecule has 2 atom stereocenters. The highest BCUT2D eigenvalue weighted by Gasteiger charge is 2.20. The molecule has 82 valence electrons. The fourth-order valence-electron chi connectivity index (χ4n) is 1.87. The number of ether oxygens (including phenoxy) is 1. The number of benzene rings is 1. The Balaban J connectivity index is 1.94. The van der Waals surface area contributed by atoms with E-state index in [9.17, 15) is 0 Å². The molecule has 2 rings (SSSR count). The minimum atomic E-state index is 0.373. The predicted molar refractivity (Wildman–Crippen MR) is 66.7 cm³/mol. The van der Waals surface area contributed by atoms with E-state index in [1.54, 1.807) is 0 Å². The largest absolute Gasteiger partial charge is 0.378 e. The van der Waals surface area contributed by atoms with Crippen molar-refractivity contribution < 1.29 is 4.74 Å². The van der Waals surface area contributed by atoms with E-state index in [-0.39, 0.29) is 0 Å². The Morgan fingerprint density at radius 2 is 2.13 bits per heavy atom. The van der Waals surface area contributed by atoms with E-state index in [4.69, 9.17) is 16.3 Å². The first-order valence-corrected chi connectivity index (χ1v) is 6.56. The molecule has 0 radical (unpaired) electrons. The zero-order chi connectivity index (χ0) is 10.7. The molecule has 0 saturated carbocycles. The molecule has 0 N–H and O–H groups in total. The average molecular weight is 290 g/mol. The average Bonchev–Trinajstić information content (AvgIpc) is 2.71. The normalized spacial score (nSPS) is 22.9. The first-order valence-electron chi connectivity index (χ1n) is 5.27. The molecular formula is C12H14BrClO. The number of hydrogen-bond acceptors (Lipinski definition) is 1. The van der Waals surface area contributed by atoms with Gasteiger partial charge in [0.1, 0.15) is 0 Å². The molecule has 1 aliphatic rings. The van der Waals surface area contributed by atoms with Crippen LogP contribution < -0.4 is 0 Å². The van der Waals surface area contributed by atoms with Crippen molar-refractivity contribution in [3.63, 3.8) is 0 Å². The highest BCUT2D eigenvalue weighted by Crippen LogP contribution is 2.32. The van der Waals surface area contributed by atoms with Crippen molar-refractivity contribution in [3.8, 4) is 0 Å². The molecule has 0 bridgehead atoms. The summed E-state index contributed by atoms with van der Waals surface area (Å²) in [4.78, 5) is 0.373. The predicted octanol–water partition coefficient (Wildman–Crippen LogP) is 4.35. The molecule has 1 aliphatic heterocycles. The summed E-state index contributed by atoms with van der Waals surface area (Å²) >= 11 is 9.54. The van der Waals surface area contributed by atoms with Gasteiger partial charge in [-0.05, 0) is 37.0 Å². The maximum Gasteiger partial charge on any atom is 0.0589 e. The van der Waals surface area contributed by atoms with Crippen LogP contribution in [0.4, 0.5) is 0 Å². The summed E-state index contributed by atoms with van der Waals surface area (Å²) in [6.07, 6.45) is 3.85. The second-order valence-electron chi connectivity index (χ2n) is 3.89. The second-order valence-corrected chi connectivity index (χ2v) is 5.43. The molecule has 1 heterocycles. The minimum Gasteiger partial charge on any atom is -0.378 e. The van der Waals surface area contributed by atoms with Gasteiger partial charge in [0.15, 0.2) is 0 Å². The molecule has 0 spiro atoms. The summed E-state index contributed by atoms with van der Waals surface area (Å²) < 4.78 is 5.61. The van der Waals surface area contributed by atoms with E-state index in [1.807, 2.05) is 12.1 Å². The number of rotatable bonds is 3. The standard InChI is InChI=1S/C12H14BrClO/c13-12(8-11-2-1-7-15-11)9-3-5-10(14)6-4-9/h3-6,11-12H,1-2,7-8H2. The maximum atomic E-state index is 5.85. The van der Waals surface area contributed by atoms with Crippen LogP contribution in [0.5, 0.6) is 0 Å². The monoisotopic (exact) mass is 288 g/mol. The summed E-state index contributed by atoms with van der Waals surface area (Å²) in [5, 5.41) is 0.788. The van der Waals surface area contributed by atoms with E-state index < -0.39 is 0 Å². The van der Waals surface area contributed by atoms with E-state index in [0.29, 0.717) is 10.9 Å². The quantitative estimate of drug-likeness (QED) is 0.752. The fraction of sp³-hybridized carbons (Fsp3) is 0.500. The van der Waals surface area contributed by atoms with Crippen LogP contribution in [0.15, 0.2) is 24.3 Å². The molecule has 1 aromatic carbocycles. The zero-order valence-corrected chi connectivity index (χ0v) is 10.8. The molecular weight excluding hydrogens is 275 g/mol. The molecule has 1 fully saturated rings. The molecule has 0 aliphatic carbocycles. The third-order valence-corrected chi connectivity index (χ3v) is 3.88. The van der Waals surface area contributed by atoms with Gasteiger partial charge in [0.2, 0.25) is 0 Å². The first kappa shape index (κ1) is 11.4. The Morgan fingerprint density at radius 1 is 1.40 bits per heavy atom. The second kappa shape index (κ2) is 5.33. The van der Waals surface area contributed by atoms with Gasteiger partial charge in [-0.2, -0.15) is 0 Å². The Kier molecular flexibility index (Phi) is 4.06. The minimum absolute atomic E-state index is 0.373. The Hall–Kier alpha value is -0.0500. The lowest BCUT2D eigenvalue weighted by molar-refractivity contribution is 0.104. The van der Waals surface area contributed by atoms with Crippen LogP contribution >= 0.6 is 27.5 Å². The van der Waals surface area contributed by atoms with Gasteiger partial charge in [-0.25, -0.2) is 0 Å². The van der Waals surface area contributed by atoms with E-state index in [2.05, 4.69) is 28.1 Å². The Bertz CT molecular complexity index is 306. The van der Waals surface area contributed by atoms with Gasteiger partial charge >= 0.3 is 0 Å². The van der Waals surface area contributed by atoms with Crippen LogP contribution in [0, 0.1) is 0 Å². The summed E-state index contributed by atoms with van der Waals surface area (Å²) in [6.45, 7) is 0.922.